The number of carbonyl (C=O) groups excluding carboxylic acids is 1. The van der Waals surface area contributed by atoms with Gasteiger partial charge in [-0.25, -0.2) is 4.98 Å². The molecule has 0 atom stereocenters. The van der Waals surface area contributed by atoms with Crippen molar-refractivity contribution < 1.29 is 14.3 Å². The fourth-order valence-electron chi connectivity index (χ4n) is 4.70. The molecule has 4 heterocycles. The van der Waals surface area contributed by atoms with Crippen molar-refractivity contribution in [1.29, 1.82) is 0 Å². The largest absolute Gasteiger partial charge is 0.486 e. The third-order valence-corrected chi connectivity index (χ3v) is 6.52. The highest BCUT2D eigenvalue weighted by atomic mass is 16.6. The second-order valence-electron chi connectivity index (χ2n) is 8.53. The van der Waals surface area contributed by atoms with Crippen molar-refractivity contribution in [2.45, 2.75) is 32.7 Å². The van der Waals surface area contributed by atoms with Crippen LogP contribution in [0.2, 0.25) is 0 Å². The van der Waals surface area contributed by atoms with Gasteiger partial charge in [-0.15, -0.1) is 0 Å². The predicted octanol–water partition coefficient (Wildman–Crippen LogP) is 3.72. The number of aromatic nitrogens is 2. The molecule has 5 rings (SSSR count). The van der Waals surface area contributed by atoms with Crippen molar-refractivity contribution in [2.75, 3.05) is 38.2 Å². The zero-order valence-electron chi connectivity index (χ0n) is 18.5. The summed E-state index contributed by atoms with van der Waals surface area (Å²) in [5.41, 5.74) is 3.19. The molecule has 7 heteroatoms. The Hall–Kier alpha value is -3.06. The quantitative estimate of drug-likeness (QED) is 0.640. The zero-order valence-corrected chi connectivity index (χ0v) is 18.5. The minimum atomic E-state index is 0.0469. The Kier molecular flexibility index (Phi) is 5.99. The van der Waals surface area contributed by atoms with E-state index in [1.807, 2.05) is 30.5 Å². The molecule has 2 aliphatic rings. The van der Waals surface area contributed by atoms with E-state index in [-0.39, 0.29) is 11.8 Å². The molecular weight excluding hydrogens is 404 g/mol. The number of carbonyl (C=O) groups is 1. The van der Waals surface area contributed by atoms with Gasteiger partial charge in [-0.2, -0.15) is 0 Å². The first-order valence-corrected chi connectivity index (χ1v) is 11.6. The summed E-state index contributed by atoms with van der Waals surface area (Å²) in [6.45, 7) is 7.09. The number of amides is 1. The highest BCUT2D eigenvalue weighted by Crippen LogP contribution is 2.33. The summed E-state index contributed by atoms with van der Waals surface area (Å²) < 4.78 is 13.4. The van der Waals surface area contributed by atoms with Crippen LogP contribution >= 0.6 is 0 Å². The van der Waals surface area contributed by atoms with Gasteiger partial charge in [0.2, 0.25) is 5.91 Å². The van der Waals surface area contributed by atoms with Crippen LogP contribution in [0.15, 0.2) is 42.7 Å². The second kappa shape index (κ2) is 9.20. The van der Waals surface area contributed by atoms with Crippen molar-refractivity contribution in [3.8, 4) is 11.5 Å². The Morgan fingerprint density at radius 3 is 2.78 bits per heavy atom. The molecule has 0 radical (unpaired) electrons. The summed E-state index contributed by atoms with van der Waals surface area (Å²) in [6.07, 6.45) is 6.87. The number of ether oxygens (including phenoxy) is 2. The van der Waals surface area contributed by atoms with Crippen LogP contribution in [0.3, 0.4) is 0 Å². The summed E-state index contributed by atoms with van der Waals surface area (Å²) in [5, 5.41) is 4.31. The first kappa shape index (κ1) is 20.8. The van der Waals surface area contributed by atoms with Gasteiger partial charge in [0.1, 0.15) is 18.9 Å². The van der Waals surface area contributed by atoms with Gasteiger partial charge in [-0.05, 0) is 69.1 Å². The fourth-order valence-corrected chi connectivity index (χ4v) is 4.70. The Labute approximate surface area is 188 Å². The van der Waals surface area contributed by atoms with Crippen LogP contribution in [-0.2, 0) is 17.8 Å². The van der Waals surface area contributed by atoms with Crippen LogP contribution in [0.4, 0.5) is 5.69 Å². The van der Waals surface area contributed by atoms with E-state index in [0.29, 0.717) is 19.0 Å². The molecule has 1 aromatic carbocycles. The van der Waals surface area contributed by atoms with E-state index in [9.17, 15) is 4.79 Å². The first-order valence-electron chi connectivity index (χ1n) is 11.6. The standard InChI is InChI=1S/C25H30N4O3/c1-2-29-17-19(21-4-3-10-26-24(21)29)9-13-28-11-7-18(8-12-28)25(30)27-20-5-6-22-23(16-20)32-15-14-31-22/h3-6,10,16-18H,2,7-9,11-15H2,1H3,(H,27,30). The summed E-state index contributed by atoms with van der Waals surface area (Å²) in [5.74, 6) is 1.58. The van der Waals surface area contributed by atoms with Gasteiger partial charge < -0.3 is 24.3 Å². The number of likely N-dealkylation sites (tertiary alicyclic amines) is 1. The Balaban J connectivity index is 1.13. The highest BCUT2D eigenvalue weighted by molar-refractivity contribution is 5.93. The van der Waals surface area contributed by atoms with Crippen LogP contribution in [0.1, 0.15) is 25.3 Å². The number of rotatable bonds is 6. The maximum Gasteiger partial charge on any atom is 0.227 e. The van der Waals surface area contributed by atoms with E-state index >= 15 is 0 Å². The minimum Gasteiger partial charge on any atom is -0.486 e. The number of anilines is 1. The second-order valence-corrected chi connectivity index (χ2v) is 8.53. The third kappa shape index (κ3) is 4.30. The van der Waals surface area contributed by atoms with Gasteiger partial charge >= 0.3 is 0 Å². The molecule has 0 bridgehead atoms. The molecule has 0 spiro atoms. The van der Waals surface area contributed by atoms with E-state index in [2.05, 4.69) is 39.0 Å². The molecule has 0 unspecified atom stereocenters. The minimum absolute atomic E-state index is 0.0469. The van der Waals surface area contributed by atoms with E-state index in [4.69, 9.17) is 9.47 Å². The molecular formula is C25H30N4O3. The number of piperidine rings is 1. The lowest BCUT2D eigenvalue weighted by atomic mass is 9.95. The summed E-state index contributed by atoms with van der Waals surface area (Å²) in [6, 6.07) is 9.76. The molecule has 1 N–H and O–H groups in total. The van der Waals surface area contributed by atoms with E-state index < -0.39 is 0 Å². The highest BCUT2D eigenvalue weighted by Gasteiger charge is 2.25. The molecule has 3 aromatic rings. The van der Waals surface area contributed by atoms with Gasteiger partial charge in [-0.1, -0.05) is 0 Å². The molecule has 0 aliphatic carbocycles. The Morgan fingerprint density at radius 1 is 1.16 bits per heavy atom. The van der Waals surface area contributed by atoms with Crippen molar-refractivity contribution in [3.63, 3.8) is 0 Å². The first-order chi connectivity index (χ1) is 15.7. The SMILES string of the molecule is CCn1cc(CCN2CCC(C(=O)Nc3ccc4c(c3)OCCO4)CC2)c2cccnc21. The van der Waals surface area contributed by atoms with Crippen LogP contribution in [0.25, 0.3) is 11.0 Å². The zero-order chi connectivity index (χ0) is 21.9. The van der Waals surface area contributed by atoms with Crippen molar-refractivity contribution >= 4 is 22.6 Å². The van der Waals surface area contributed by atoms with Gasteiger partial charge in [0.15, 0.2) is 11.5 Å². The average Bonchev–Trinajstić information content (AvgIpc) is 3.21. The topological polar surface area (TPSA) is 68.6 Å². The number of aryl methyl sites for hydroxylation is 1. The van der Waals surface area contributed by atoms with Crippen molar-refractivity contribution in [1.82, 2.24) is 14.5 Å². The van der Waals surface area contributed by atoms with Crippen LogP contribution in [-0.4, -0.2) is 53.2 Å². The van der Waals surface area contributed by atoms with Crippen LogP contribution in [0, 0.1) is 5.92 Å². The lowest BCUT2D eigenvalue weighted by molar-refractivity contribution is -0.121. The number of benzene rings is 1. The molecule has 32 heavy (non-hydrogen) atoms. The van der Waals surface area contributed by atoms with Crippen molar-refractivity contribution in [2.24, 2.45) is 5.92 Å². The average molecular weight is 435 g/mol. The molecule has 1 fully saturated rings. The van der Waals surface area contributed by atoms with Crippen molar-refractivity contribution in [3.05, 3.63) is 48.3 Å². The lowest BCUT2D eigenvalue weighted by Crippen LogP contribution is -2.39. The molecule has 168 valence electrons. The van der Waals surface area contributed by atoms with Crippen LogP contribution < -0.4 is 14.8 Å². The van der Waals surface area contributed by atoms with Crippen LogP contribution in [0.5, 0.6) is 11.5 Å². The van der Waals surface area contributed by atoms with Gasteiger partial charge in [-0.3, -0.25) is 4.79 Å². The maximum absolute atomic E-state index is 12.8. The third-order valence-electron chi connectivity index (χ3n) is 6.52. The number of nitrogens with one attached hydrogen (secondary N) is 1. The molecule has 1 saturated heterocycles. The number of pyridine rings is 1. The van der Waals surface area contributed by atoms with E-state index in [0.717, 1.165) is 62.5 Å². The van der Waals surface area contributed by atoms with Gasteiger partial charge in [0.05, 0.1) is 0 Å². The number of hydrogen-bond acceptors (Lipinski definition) is 5. The maximum atomic E-state index is 12.8. The molecule has 7 nitrogen and oxygen atoms in total. The summed E-state index contributed by atoms with van der Waals surface area (Å²) in [7, 11) is 0. The van der Waals surface area contributed by atoms with E-state index in [1.165, 1.54) is 10.9 Å². The molecule has 1 amide bonds. The lowest BCUT2D eigenvalue weighted by Gasteiger charge is -2.31. The number of fused-ring (bicyclic) bond motifs is 2. The molecule has 2 aromatic heterocycles. The van der Waals surface area contributed by atoms with Gasteiger partial charge in [0.25, 0.3) is 0 Å². The smallest absolute Gasteiger partial charge is 0.227 e. The normalized spacial score (nSPS) is 16.9. The number of nitrogens with zero attached hydrogens (tertiary/aromatic N) is 3. The fraction of sp³-hybridized carbons (Fsp3) is 0.440. The summed E-state index contributed by atoms with van der Waals surface area (Å²) >= 11 is 0. The van der Waals surface area contributed by atoms with Gasteiger partial charge in [0, 0.05) is 48.5 Å². The monoisotopic (exact) mass is 434 g/mol. The Bertz CT molecular complexity index is 1100. The molecule has 0 saturated carbocycles. The summed E-state index contributed by atoms with van der Waals surface area (Å²) in [4.78, 5) is 19.8. The number of hydrogen-bond donors (Lipinski definition) is 1. The predicted molar refractivity (Wildman–Crippen MR) is 124 cm³/mol. The van der Waals surface area contributed by atoms with E-state index in [1.54, 1.807) is 0 Å². The molecule has 2 aliphatic heterocycles. The Morgan fingerprint density at radius 2 is 1.97 bits per heavy atom.